The van der Waals surface area contributed by atoms with Crippen LogP contribution >= 0.6 is 11.6 Å². The van der Waals surface area contributed by atoms with Gasteiger partial charge in [-0.05, 0) is 73.9 Å². The maximum absolute atomic E-state index is 14.2. The molecule has 3 aliphatic heterocycles. The van der Waals surface area contributed by atoms with Gasteiger partial charge in [0, 0.05) is 11.6 Å². The van der Waals surface area contributed by atoms with Crippen LogP contribution in [0.4, 0.5) is 11.4 Å². The minimum atomic E-state index is -1.58. The molecule has 0 bridgehead atoms. The lowest BCUT2D eigenvalue weighted by atomic mass is 9.76. The molecule has 0 unspecified atom stereocenters. The molecule has 4 N–H and O–H groups in total. The van der Waals surface area contributed by atoms with E-state index in [2.05, 4.69) is 10.6 Å². The molecule has 3 aromatic carbocycles. The van der Waals surface area contributed by atoms with Crippen molar-refractivity contribution >= 4 is 46.7 Å². The number of imide groups is 1. The summed E-state index contributed by atoms with van der Waals surface area (Å²) in [5.41, 5.74) is 1.19. The van der Waals surface area contributed by atoms with Crippen molar-refractivity contribution in [3.63, 3.8) is 0 Å². The standard InChI is InChI=1S/C30H26ClN3O7/c1-3-41-28(39)16-5-7-17(8-6-16)34-26(37)23-20(12-15-4-9-21(35)22(36)13-15)33-30(24(23)27(34)38)18-10-14(2)11-19(31)25(18)32-29(30)40/h4-11,13,20,23-24,33,35-36H,3,12H2,1-2H3,(H,32,40)/t20-,23+,24-,30+/m0/s1. The van der Waals surface area contributed by atoms with Crippen LogP contribution in [-0.4, -0.2) is 46.6 Å². The lowest BCUT2D eigenvalue weighted by molar-refractivity contribution is -0.130. The van der Waals surface area contributed by atoms with Gasteiger partial charge in [-0.15, -0.1) is 0 Å². The molecule has 210 valence electrons. The number of aromatic hydroxyl groups is 2. The summed E-state index contributed by atoms with van der Waals surface area (Å²) in [5, 5.41) is 26.3. The highest BCUT2D eigenvalue weighted by Crippen LogP contribution is 2.55. The number of aryl methyl sites for hydroxylation is 1. The Bertz CT molecular complexity index is 1640. The van der Waals surface area contributed by atoms with Crippen LogP contribution < -0.4 is 15.5 Å². The second kappa shape index (κ2) is 9.60. The zero-order valence-electron chi connectivity index (χ0n) is 22.1. The van der Waals surface area contributed by atoms with Gasteiger partial charge >= 0.3 is 5.97 Å². The minimum absolute atomic E-state index is 0.174. The van der Waals surface area contributed by atoms with Crippen LogP contribution in [0, 0.1) is 18.8 Å². The number of halogens is 1. The number of phenolic OH excluding ortho intramolecular Hbond substituents is 2. The quantitative estimate of drug-likeness (QED) is 0.206. The second-order valence-corrected chi connectivity index (χ2v) is 10.9. The van der Waals surface area contributed by atoms with E-state index in [1.807, 2.05) is 6.92 Å². The van der Waals surface area contributed by atoms with E-state index in [4.69, 9.17) is 16.3 Å². The molecule has 3 aliphatic rings. The maximum Gasteiger partial charge on any atom is 0.338 e. The van der Waals surface area contributed by atoms with Gasteiger partial charge in [0.15, 0.2) is 11.5 Å². The first-order valence-electron chi connectivity index (χ1n) is 13.1. The molecule has 3 heterocycles. The normalized spacial score (nSPS) is 24.5. The van der Waals surface area contributed by atoms with E-state index >= 15 is 0 Å². The topological polar surface area (TPSA) is 145 Å². The van der Waals surface area contributed by atoms with E-state index in [-0.39, 0.29) is 35.8 Å². The number of fused-ring (bicyclic) bond motifs is 4. The Morgan fingerprint density at radius 1 is 1.02 bits per heavy atom. The summed E-state index contributed by atoms with van der Waals surface area (Å²) in [6.45, 7) is 3.72. The summed E-state index contributed by atoms with van der Waals surface area (Å²) in [4.78, 5) is 55.2. The third-order valence-electron chi connectivity index (χ3n) is 8.05. The van der Waals surface area contributed by atoms with Crippen LogP contribution in [0.15, 0.2) is 54.6 Å². The number of hydrogen-bond acceptors (Lipinski definition) is 8. The van der Waals surface area contributed by atoms with E-state index in [1.54, 1.807) is 25.1 Å². The smallest absolute Gasteiger partial charge is 0.338 e. The molecule has 2 fully saturated rings. The van der Waals surface area contributed by atoms with Crippen molar-refractivity contribution in [2.45, 2.75) is 31.8 Å². The summed E-state index contributed by atoms with van der Waals surface area (Å²) < 4.78 is 5.03. The molecule has 0 aromatic heterocycles. The van der Waals surface area contributed by atoms with Gasteiger partial charge in [-0.3, -0.25) is 19.7 Å². The van der Waals surface area contributed by atoms with E-state index < -0.39 is 47.1 Å². The fourth-order valence-corrected chi connectivity index (χ4v) is 6.66. The molecule has 0 saturated carbocycles. The van der Waals surface area contributed by atoms with Gasteiger partial charge in [0.25, 0.3) is 0 Å². The predicted octanol–water partition coefficient (Wildman–Crippen LogP) is 3.40. The zero-order chi connectivity index (χ0) is 29.2. The number of rotatable bonds is 5. The van der Waals surface area contributed by atoms with Crippen LogP contribution in [0.3, 0.4) is 0 Å². The van der Waals surface area contributed by atoms with Gasteiger partial charge < -0.3 is 20.3 Å². The number of anilines is 2. The number of carbonyl (C=O) groups excluding carboxylic acids is 4. The molecule has 10 nitrogen and oxygen atoms in total. The van der Waals surface area contributed by atoms with Crippen LogP contribution in [0.25, 0.3) is 0 Å². The van der Waals surface area contributed by atoms with Crippen molar-refractivity contribution in [1.82, 2.24) is 5.32 Å². The van der Waals surface area contributed by atoms with Crippen LogP contribution in [0.1, 0.15) is 34.0 Å². The Labute approximate surface area is 239 Å². The molecule has 3 amide bonds. The molecule has 2 saturated heterocycles. The fraction of sp³-hybridized carbons (Fsp3) is 0.267. The maximum atomic E-state index is 14.2. The van der Waals surface area contributed by atoms with Gasteiger partial charge in [-0.25, -0.2) is 9.69 Å². The van der Waals surface area contributed by atoms with Crippen LogP contribution in [0.2, 0.25) is 5.02 Å². The number of nitrogens with zero attached hydrogens (tertiary/aromatic N) is 1. The monoisotopic (exact) mass is 575 g/mol. The molecule has 0 radical (unpaired) electrons. The lowest BCUT2D eigenvalue weighted by Gasteiger charge is -2.30. The molecule has 6 rings (SSSR count). The predicted molar refractivity (Wildman–Crippen MR) is 149 cm³/mol. The van der Waals surface area contributed by atoms with E-state index in [9.17, 15) is 29.4 Å². The number of carbonyl (C=O) groups is 4. The second-order valence-electron chi connectivity index (χ2n) is 10.5. The largest absolute Gasteiger partial charge is 0.504 e. The average molecular weight is 576 g/mol. The van der Waals surface area contributed by atoms with Gasteiger partial charge in [0.05, 0.1) is 40.4 Å². The van der Waals surface area contributed by atoms with Crippen molar-refractivity contribution in [3.8, 4) is 11.5 Å². The van der Waals surface area contributed by atoms with E-state index in [0.29, 0.717) is 21.8 Å². The van der Waals surface area contributed by atoms with Gasteiger partial charge in [-0.2, -0.15) is 0 Å². The average Bonchev–Trinajstić information content (AvgIpc) is 3.51. The molecular formula is C30H26ClN3O7. The van der Waals surface area contributed by atoms with Crippen molar-refractivity contribution in [2.24, 2.45) is 11.8 Å². The Morgan fingerprint density at radius 2 is 1.76 bits per heavy atom. The molecule has 0 aliphatic carbocycles. The van der Waals surface area contributed by atoms with E-state index in [1.165, 1.54) is 36.4 Å². The Morgan fingerprint density at radius 3 is 2.44 bits per heavy atom. The number of phenols is 2. The molecule has 11 heteroatoms. The van der Waals surface area contributed by atoms with Crippen molar-refractivity contribution in [3.05, 3.63) is 81.9 Å². The van der Waals surface area contributed by atoms with Crippen molar-refractivity contribution in [1.29, 1.82) is 0 Å². The van der Waals surface area contributed by atoms with Crippen molar-refractivity contribution in [2.75, 3.05) is 16.8 Å². The number of nitrogens with one attached hydrogen (secondary N) is 2. The molecule has 41 heavy (non-hydrogen) atoms. The number of hydrogen-bond donors (Lipinski definition) is 4. The summed E-state index contributed by atoms with van der Waals surface area (Å²) in [6.07, 6.45) is 0.174. The highest BCUT2D eigenvalue weighted by molar-refractivity contribution is 6.35. The third-order valence-corrected chi connectivity index (χ3v) is 8.35. The third kappa shape index (κ3) is 3.97. The summed E-state index contributed by atoms with van der Waals surface area (Å²) in [7, 11) is 0. The molecular weight excluding hydrogens is 550 g/mol. The first kappa shape index (κ1) is 26.8. The van der Waals surface area contributed by atoms with Gasteiger partial charge in [0.1, 0.15) is 5.54 Å². The zero-order valence-corrected chi connectivity index (χ0v) is 22.9. The first-order valence-corrected chi connectivity index (χ1v) is 13.5. The summed E-state index contributed by atoms with van der Waals surface area (Å²) in [5.74, 6) is -4.74. The highest BCUT2D eigenvalue weighted by Gasteiger charge is 2.70. The molecule has 3 aromatic rings. The number of amides is 3. The number of ether oxygens (including phenoxy) is 1. The van der Waals surface area contributed by atoms with Gasteiger partial charge in [-0.1, -0.05) is 23.7 Å². The minimum Gasteiger partial charge on any atom is -0.504 e. The number of esters is 1. The Kier molecular flexibility index (Phi) is 6.28. The van der Waals surface area contributed by atoms with Crippen molar-refractivity contribution < 1.29 is 34.1 Å². The Hall–Kier alpha value is -4.41. The fourth-order valence-electron chi connectivity index (χ4n) is 6.33. The first-order chi connectivity index (χ1) is 19.6. The van der Waals surface area contributed by atoms with Gasteiger partial charge in [0.2, 0.25) is 17.7 Å². The lowest BCUT2D eigenvalue weighted by Crippen LogP contribution is -2.53. The van der Waals surface area contributed by atoms with Crippen LogP contribution in [-0.2, 0) is 31.1 Å². The summed E-state index contributed by atoms with van der Waals surface area (Å²) in [6, 6.07) is 13.1. The number of benzene rings is 3. The van der Waals surface area contributed by atoms with E-state index in [0.717, 1.165) is 10.5 Å². The molecule has 4 atom stereocenters. The SMILES string of the molecule is CCOC(=O)c1ccc(N2C(=O)[C@@H]3[C@H](Cc4ccc(O)c(O)c4)N[C@@]4(C(=O)Nc5c(Cl)cc(C)cc54)[C@@H]3C2=O)cc1. The Balaban J connectivity index is 1.46. The van der Waals surface area contributed by atoms with Crippen LogP contribution in [0.5, 0.6) is 11.5 Å². The summed E-state index contributed by atoms with van der Waals surface area (Å²) >= 11 is 6.50. The molecule has 1 spiro atoms. The highest BCUT2D eigenvalue weighted by atomic mass is 35.5.